The first-order valence-corrected chi connectivity index (χ1v) is 12.0. The van der Waals surface area contributed by atoms with Crippen molar-refractivity contribution in [2.75, 3.05) is 6.61 Å². The predicted octanol–water partition coefficient (Wildman–Crippen LogP) is 2.98. The van der Waals surface area contributed by atoms with Crippen LogP contribution in [0.5, 0.6) is 0 Å². The van der Waals surface area contributed by atoms with Crippen molar-refractivity contribution in [1.82, 2.24) is 0 Å². The van der Waals surface area contributed by atoms with E-state index in [4.69, 9.17) is 16.3 Å². The summed E-state index contributed by atoms with van der Waals surface area (Å²) in [5, 5.41) is 23.0. The Labute approximate surface area is 194 Å². The molecule has 0 unspecified atom stereocenters. The molecule has 7 heteroatoms. The standard InChI is InChI=1S/C25H33ClO6/c1-5-20(30)32-12-19(29)25(31)13(2)8-16-21-17(26)10-14-9-15(27)6-7-23(14,3)22(21)18(28)11-24(16,25)4/h6-7,9,13,16-18,21-22,28,31H,5,8,10-12H2,1-4H3/t13-,16+,17-,18+,21-,22+,23+,24+,25+/m1/s1. The lowest BCUT2D eigenvalue weighted by atomic mass is 9.46. The van der Waals surface area contributed by atoms with E-state index in [-0.39, 0.29) is 47.7 Å². The van der Waals surface area contributed by atoms with Crippen LogP contribution in [0.2, 0.25) is 0 Å². The van der Waals surface area contributed by atoms with Gasteiger partial charge in [0.1, 0.15) is 5.60 Å². The van der Waals surface area contributed by atoms with Gasteiger partial charge in [-0.2, -0.15) is 0 Å². The van der Waals surface area contributed by atoms with Crippen molar-refractivity contribution in [2.24, 2.45) is 34.5 Å². The van der Waals surface area contributed by atoms with Gasteiger partial charge in [0.15, 0.2) is 12.4 Å². The number of ether oxygens (including phenoxy) is 1. The van der Waals surface area contributed by atoms with Crippen LogP contribution in [0.1, 0.15) is 53.4 Å². The maximum atomic E-state index is 13.2. The third kappa shape index (κ3) is 3.09. The number of allylic oxidation sites excluding steroid dienone is 4. The highest BCUT2D eigenvalue weighted by Crippen LogP contribution is 2.68. The van der Waals surface area contributed by atoms with Crippen molar-refractivity contribution < 1.29 is 29.3 Å². The monoisotopic (exact) mass is 464 g/mol. The van der Waals surface area contributed by atoms with Crippen LogP contribution in [0.4, 0.5) is 0 Å². The quantitative estimate of drug-likeness (QED) is 0.490. The molecule has 0 aromatic heterocycles. The zero-order valence-corrected chi connectivity index (χ0v) is 19.9. The highest BCUT2D eigenvalue weighted by molar-refractivity contribution is 6.21. The molecule has 0 aliphatic heterocycles. The molecule has 0 heterocycles. The Kier molecular flexibility index (Phi) is 5.75. The van der Waals surface area contributed by atoms with Gasteiger partial charge in [-0.25, -0.2) is 0 Å². The fourth-order valence-electron chi connectivity index (χ4n) is 7.53. The van der Waals surface area contributed by atoms with Crippen LogP contribution in [0.3, 0.4) is 0 Å². The minimum absolute atomic E-state index is 0.0639. The van der Waals surface area contributed by atoms with E-state index in [0.717, 1.165) is 5.57 Å². The first-order valence-electron chi connectivity index (χ1n) is 11.6. The zero-order chi connectivity index (χ0) is 23.6. The largest absolute Gasteiger partial charge is 0.458 e. The third-order valence-electron chi connectivity index (χ3n) is 9.14. The molecule has 3 saturated carbocycles. The summed E-state index contributed by atoms with van der Waals surface area (Å²) in [5.41, 5.74) is -2.17. The smallest absolute Gasteiger partial charge is 0.305 e. The van der Waals surface area contributed by atoms with Crippen molar-refractivity contribution in [3.05, 3.63) is 23.8 Å². The molecule has 0 aromatic carbocycles. The maximum absolute atomic E-state index is 13.2. The molecule has 32 heavy (non-hydrogen) atoms. The summed E-state index contributed by atoms with van der Waals surface area (Å²) < 4.78 is 5.07. The lowest BCUT2D eigenvalue weighted by molar-refractivity contribution is -0.185. The highest BCUT2D eigenvalue weighted by Gasteiger charge is 2.71. The van der Waals surface area contributed by atoms with E-state index in [2.05, 4.69) is 0 Å². The van der Waals surface area contributed by atoms with Gasteiger partial charge in [0.25, 0.3) is 0 Å². The fraction of sp³-hybridized carbons (Fsp3) is 0.720. The second-order valence-corrected chi connectivity index (χ2v) is 11.2. The molecular weight excluding hydrogens is 432 g/mol. The number of ketones is 2. The van der Waals surface area contributed by atoms with Crippen LogP contribution in [0, 0.1) is 34.5 Å². The summed E-state index contributed by atoms with van der Waals surface area (Å²) >= 11 is 6.93. The third-order valence-corrected chi connectivity index (χ3v) is 9.59. The minimum Gasteiger partial charge on any atom is -0.458 e. The lowest BCUT2D eigenvalue weighted by Gasteiger charge is -2.60. The van der Waals surface area contributed by atoms with Gasteiger partial charge in [0.2, 0.25) is 5.78 Å². The Balaban J connectivity index is 1.72. The van der Waals surface area contributed by atoms with E-state index in [1.165, 1.54) is 0 Å². The molecule has 2 N–H and O–H groups in total. The van der Waals surface area contributed by atoms with E-state index in [0.29, 0.717) is 12.8 Å². The summed E-state index contributed by atoms with van der Waals surface area (Å²) in [7, 11) is 0. The van der Waals surface area contributed by atoms with Crippen LogP contribution >= 0.6 is 11.6 Å². The van der Waals surface area contributed by atoms with Gasteiger partial charge in [-0.3, -0.25) is 14.4 Å². The lowest BCUT2D eigenvalue weighted by Crippen LogP contribution is -2.64. The highest BCUT2D eigenvalue weighted by atomic mass is 35.5. The van der Waals surface area contributed by atoms with Crippen molar-refractivity contribution in [3.8, 4) is 0 Å². The van der Waals surface area contributed by atoms with Crippen LogP contribution in [0.25, 0.3) is 0 Å². The summed E-state index contributed by atoms with van der Waals surface area (Å²) in [5.74, 6) is -1.87. The zero-order valence-electron chi connectivity index (χ0n) is 19.1. The Bertz CT molecular complexity index is 910. The first kappa shape index (κ1) is 23.7. The van der Waals surface area contributed by atoms with Gasteiger partial charge in [-0.05, 0) is 49.2 Å². The van der Waals surface area contributed by atoms with E-state index in [1.807, 2.05) is 26.8 Å². The number of fused-ring (bicyclic) bond motifs is 5. The van der Waals surface area contributed by atoms with Gasteiger partial charge >= 0.3 is 5.97 Å². The average Bonchev–Trinajstić information content (AvgIpc) is 2.93. The fourth-order valence-corrected chi connectivity index (χ4v) is 8.03. The topological polar surface area (TPSA) is 101 Å². The summed E-state index contributed by atoms with van der Waals surface area (Å²) in [4.78, 5) is 36.8. The Morgan fingerprint density at radius 2 is 2.00 bits per heavy atom. The molecule has 0 radical (unpaired) electrons. The van der Waals surface area contributed by atoms with Crippen LogP contribution < -0.4 is 0 Å². The van der Waals surface area contributed by atoms with Crippen LogP contribution in [0.15, 0.2) is 23.8 Å². The molecule has 4 aliphatic rings. The summed E-state index contributed by atoms with van der Waals surface area (Å²) in [6, 6.07) is 0. The number of halogens is 1. The SMILES string of the molecule is CCC(=O)OCC(=O)[C@@]1(O)[C@H](C)C[C@H]2[C@H]3[C@H]([C@@H](O)C[C@@]21C)[C@@]1(C)C=CC(=O)C=C1C[C@H]3Cl. The summed E-state index contributed by atoms with van der Waals surface area (Å²) in [6.07, 6.45) is 5.82. The Morgan fingerprint density at radius 3 is 2.66 bits per heavy atom. The number of carbonyl (C=O) groups excluding carboxylic acids is 3. The first-order chi connectivity index (χ1) is 14.9. The van der Waals surface area contributed by atoms with Crippen molar-refractivity contribution in [2.45, 2.75) is 70.5 Å². The van der Waals surface area contributed by atoms with Crippen LogP contribution in [-0.4, -0.2) is 51.4 Å². The van der Waals surface area contributed by atoms with E-state index >= 15 is 0 Å². The number of rotatable bonds is 4. The number of alkyl halides is 1. The molecule has 0 bridgehead atoms. The number of hydrogen-bond acceptors (Lipinski definition) is 6. The van der Waals surface area contributed by atoms with Crippen molar-refractivity contribution >= 4 is 29.1 Å². The molecule has 4 rings (SSSR count). The number of carbonyl (C=O) groups is 3. The minimum atomic E-state index is -1.72. The van der Waals surface area contributed by atoms with Crippen molar-refractivity contribution in [1.29, 1.82) is 0 Å². The van der Waals surface area contributed by atoms with Gasteiger partial charge < -0.3 is 14.9 Å². The molecule has 3 fully saturated rings. The van der Waals surface area contributed by atoms with Gasteiger partial charge in [0, 0.05) is 28.5 Å². The molecule has 6 nitrogen and oxygen atoms in total. The normalized spacial score (nSPS) is 47.2. The predicted molar refractivity (Wildman–Crippen MR) is 119 cm³/mol. The Hall–Kier alpha value is -1.50. The molecule has 4 aliphatic carbocycles. The van der Waals surface area contributed by atoms with Gasteiger partial charge in [0.05, 0.1) is 6.10 Å². The number of aliphatic hydroxyl groups is 2. The molecular formula is C25H33ClO6. The van der Waals surface area contributed by atoms with E-state index < -0.39 is 40.9 Å². The second-order valence-electron chi connectivity index (χ2n) is 10.6. The number of esters is 1. The second kappa shape index (κ2) is 7.78. The molecule has 0 amide bonds. The molecule has 9 atom stereocenters. The average molecular weight is 465 g/mol. The van der Waals surface area contributed by atoms with Crippen molar-refractivity contribution in [3.63, 3.8) is 0 Å². The van der Waals surface area contributed by atoms with Crippen LogP contribution in [-0.2, 0) is 19.1 Å². The maximum Gasteiger partial charge on any atom is 0.305 e. The molecule has 176 valence electrons. The number of hydrogen-bond donors (Lipinski definition) is 2. The van der Waals surface area contributed by atoms with E-state index in [1.54, 1.807) is 19.1 Å². The molecule has 0 aromatic rings. The van der Waals surface area contributed by atoms with Gasteiger partial charge in [-0.15, -0.1) is 11.6 Å². The Morgan fingerprint density at radius 1 is 1.31 bits per heavy atom. The number of Topliss-reactive ketones (excluding diaryl/α,β-unsaturated/α-hetero) is 1. The number of aliphatic hydroxyl groups excluding tert-OH is 1. The van der Waals surface area contributed by atoms with Gasteiger partial charge in [-0.1, -0.05) is 39.3 Å². The molecule has 0 spiro atoms. The summed E-state index contributed by atoms with van der Waals surface area (Å²) in [6.45, 7) is 6.95. The van der Waals surface area contributed by atoms with E-state index in [9.17, 15) is 24.6 Å². The molecule has 0 saturated heterocycles.